The second-order valence-electron chi connectivity index (χ2n) is 3.37. The average molecular weight is 215 g/mol. The number of aliphatic hydroxyl groups is 1. The van der Waals surface area contributed by atoms with Gasteiger partial charge in [0.05, 0.1) is 6.10 Å². The summed E-state index contributed by atoms with van der Waals surface area (Å²) in [5, 5.41) is 9.89. The lowest BCUT2D eigenvalue weighted by molar-refractivity contribution is 0.121. The van der Waals surface area contributed by atoms with E-state index >= 15 is 0 Å². The van der Waals surface area contributed by atoms with E-state index in [0.29, 0.717) is 5.92 Å². The molecule has 2 unspecified atom stereocenters. The van der Waals surface area contributed by atoms with Crippen LogP contribution in [-0.2, 0) is 6.42 Å². The molecule has 1 N–H and O–H groups in total. The highest BCUT2D eigenvalue weighted by atomic mass is 32.2. The van der Waals surface area contributed by atoms with E-state index in [1.807, 2.05) is 17.8 Å². The molecule has 0 aromatic carbocycles. The van der Waals surface area contributed by atoms with E-state index in [4.69, 9.17) is 0 Å². The monoisotopic (exact) mass is 215 g/mol. The number of aromatic nitrogens is 1. The molecule has 1 fully saturated rings. The van der Waals surface area contributed by atoms with Crippen LogP contribution in [0.15, 0.2) is 12.3 Å². The summed E-state index contributed by atoms with van der Waals surface area (Å²) in [4.78, 5) is 1.20. The Bertz CT molecular complexity index is 244. The van der Waals surface area contributed by atoms with Gasteiger partial charge in [-0.3, -0.25) is 0 Å². The topological polar surface area (TPSA) is 33.1 Å². The maximum Gasteiger partial charge on any atom is 0.0625 e. The molecule has 13 heavy (non-hydrogen) atoms. The summed E-state index contributed by atoms with van der Waals surface area (Å²) in [6.45, 7) is 0. The molecule has 2 heterocycles. The van der Waals surface area contributed by atoms with E-state index in [1.165, 1.54) is 28.6 Å². The molecule has 1 aromatic rings. The zero-order chi connectivity index (χ0) is 9.10. The minimum absolute atomic E-state index is 0.157. The Labute approximate surface area is 86.5 Å². The number of hydrogen-bond donors (Lipinski definition) is 1. The van der Waals surface area contributed by atoms with Gasteiger partial charge in [0.2, 0.25) is 0 Å². The van der Waals surface area contributed by atoms with E-state index in [0.717, 1.165) is 12.2 Å². The number of hydrogen-bond acceptors (Lipinski definition) is 4. The third-order valence-electron chi connectivity index (χ3n) is 2.41. The summed E-state index contributed by atoms with van der Waals surface area (Å²) in [5.74, 6) is 2.84. The largest absolute Gasteiger partial charge is 0.392 e. The van der Waals surface area contributed by atoms with Gasteiger partial charge in [0.15, 0.2) is 0 Å². The van der Waals surface area contributed by atoms with E-state index < -0.39 is 0 Å². The van der Waals surface area contributed by atoms with Gasteiger partial charge in [0.1, 0.15) is 0 Å². The van der Waals surface area contributed by atoms with Crippen LogP contribution < -0.4 is 0 Å². The zero-order valence-electron chi connectivity index (χ0n) is 7.35. The Balaban J connectivity index is 1.87. The van der Waals surface area contributed by atoms with Crippen LogP contribution in [0.1, 0.15) is 11.3 Å². The molecule has 1 aliphatic heterocycles. The van der Waals surface area contributed by atoms with E-state index in [9.17, 15) is 5.11 Å². The van der Waals surface area contributed by atoms with Crippen molar-refractivity contribution >= 4 is 23.3 Å². The van der Waals surface area contributed by atoms with Crippen LogP contribution >= 0.6 is 23.3 Å². The van der Waals surface area contributed by atoms with Crippen molar-refractivity contribution in [3.05, 3.63) is 17.1 Å². The van der Waals surface area contributed by atoms with Crippen LogP contribution in [0.5, 0.6) is 0 Å². The van der Waals surface area contributed by atoms with Crippen molar-refractivity contribution in [3.63, 3.8) is 0 Å². The summed E-state index contributed by atoms with van der Waals surface area (Å²) < 4.78 is 4.03. The third-order valence-corrected chi connectivity index (χ3v) is 4.36. The molecule has 0 amide bonds. The first-order valence-corrected chi connectivity index (χ1v) is 6.44. The third kappa shape index (κ3) is 2.45. The van der Waals surface area contributed by atoms with Crippen molar-refractivity contribution in [2.45, 2.75) is 18.9 Å². The van der Waals surface area contributed by atoms with Crippen LogP contribution in [-0.4, -0.2) is 27.1 Å². The number of thioether (sulfide) groups is 1. The number of nitrogens with zero attached hydrogens (tertiary/aromatic N) is 1. The van der Waals surface area contributed by atoms with E-state index in [1.54, 1.807) is 6.20 Å². The van der Waals surface area contributed by atoms with Gasteiger partial charge in [-0.25, -0.2) is 4.37 Å². The fourth-order valence-electron chi connectivity index (χ4n) is 1.58. The highest BCUT2D eigenvalue weighted by Crippen LogP contribution is 2.28. The van der Waals surface area contributed by atoms with Crippen LogP contribution in [0.3, 0.4) is 0 Å². The number of aliphatic hydroxyl groups excluding tert-OH is 1. The molecule has 2 atom stereocenters. The Hall–Kier alpha value is -0.0600. The van der Waals surface area contributed by atoms with Gasteiger partial charge in [0.25, 0.3) is 0 Å². The standard InChI is InChI=1S/C9H13NOS2/c11-9(7-2-4-12-6-7)5-8-1-3-10-13-8/h1,3,7,9,11H,2,4-6H2. The minimum atomic E-state index is -0.157. The number of rotatable bonds is 3. The molecule has 1 saturated heterocycles. The Morgan fingerprint density at radius 3 is 3.23 bits per heavy atom. The van der Waals surface area contributed by atoms with Gasteiger partial charge in [-0.15, -0.1) is 0 Å². The van der Waals surface area contributed by atoms with Crippen molar-refractivity contribution in [2.24, 2.45) is 5.92 Å². The fourth-order valence-corrected chi connectivity index (χ4v) is 3.53. The quantitative estimate of drug-likeness (QED) is 0.834. The highest BCUT2D eigenvalue weighted by molar-refractivity contribution is 7.99. The summed E-state index contributed by atoms with van der Waals surface area (Å²) in [5.41, 5.74) is 0. The Morgan fingerprint density at radius 2 is 2.62 bits per heavy atom. The molecule has 1 aromatic heterocycles. The summed E-state index contributed by atoms with van der Waals surface area (Å²) in [7, 11) is 0. The van der Waals surface area contributed by atoms with Gasteiger partial charge in [-0.2, -0.15) is 11.8 Å². The van der Waals surface area contributed by atoms with E-state index in [2.05, 4.69) is 4.37 Å². The summed E-state index contributed by atoms with van der Waals surface area (Å²) in [6, 6.07) is 2.00. The first kappa shape index (κ1) is 9.49. The molecule has 0 saturated carbocycles. The molecule has 0 aliphatic carbocycles. The van der Waals surface area contributed by atoms with Crippen LogP contribution in [0.4, 0.5) is 0 Å². The first-order valence-electron chi connectivity index (χ1n) is 4.51. The molecule has 0 bridgehead atoms. The molecular formula is C9H13NOS2. The zero-order valence-corrected chi connectivity index (χ0v) is 8.98. The van der Waals surface area contributed by atoms with Crippen molar-refractivity contribution in [1.82, 2.24) is 4.37 Å². The second-order valence-corrected chi connectivity index (χ2v) is 5.44. The van der Waals surface area contributed by atoms with Crippen molar-refractivity contribution < 1.29 is 5.11 Å². The lowest BCUT2D eigenvalue weighted by Crippen LogP contribution is -2.21. The molecule has 4 heteroatoms. The van der Waals surface area contributed by atoms with Gasteiger partial charge >= 0.3 is 0 Å². The maximum atomic E-state index is 9.89. The molecule has 2 nitrogen and oxygen atoms in total. The Morgan fingerprint density at radius 1 is 1.69 bits per heavy atom. The average Bonchev–Trinajstić information content (AvgIpc) is 2.74. The molecule has 0 spiro atoms. The first-order chi connectivity index (χ1) is 6.36. The second kappa shape index (κ2) is 4.44. The maximum absolute atomic E-state index is 9.89. The van der Waals surface area contributed by atoms with Crippen molar-refractivity contribution in [3.8, 4) is 0 Å². The Kier molecular flexibility index (Phi) is 3.24. The molecule has 0 radical (unpaired) electrons. The van der Waals surface area contributed by atoms with E-state index in [-0.39, 0.29) is 6.10 Å². The normalized spacial score (nSPS) is 24.8. The predicted molar refractivity (Wildman–Crippen MR) is 57.3 cm³/mol. The predicted octanol–water partition coefficient (Wildman–Crippen LogP) is 1.80. The van der Waals surface area contributed by atoms with Gasteiger partial charge < -0.3 is 5.11 Å². The van der Waals surface area contributed by atoms with Crippen molar-refractivity contribution in [2.75, 3.05) is 11.5 Å². The summed E-state index contributed by atoms with van der Waals surface area (Å²) >= 11 is 3.44. The summed E-state index contributed by atoms with van der Waals surface area (Å²) in [6.07, 6.45) is 3.60. The van der Waals surface area contributed by atoms with Gasteiger partial charge in [-0.05, 0) is 41.4 Å². The molecular weight excluding hydrogens is 202 g/mol. The van der Waals surface area contributed by atoms with Crippen LogP contribution in [0, 0.1) is 5.92 Å². The lowest BCUT2D eigenvalue weighted by Gasteiger charge is -2.15. The fraction of sp³-hybridized carbons (Fsp3) is 0.667. The molecule has 2 rings (SSSR count). The molecule has 72 valence electrons. The van der Waals surface area contributed by atoms with Gasteiger partial charge in [0, 0.05) is 17.5 Å². The minimum Gasteiger partial charge on any atom is -0.392 e. The van der Waals surface area contributed by atoms with Crippen LogP contribution in [0.25, 0.3) is 0 Å². The highest BCUT2D eigenvalue weighted by Gasteiger charge is 2.23. The van der Waals surface area contributed by atoms with Crippen molar-refractivity contribution in [1.29, 1.82) is 0 Å². The smallest absolute Gasteiger partial charge is 0.0625 e. The SMILES string of the molecule is OC(Cc1ccns1)C1CCSC1. The molecule has 1 aliphatic rings. The van der Waals surface area contributed by atoms with Crippen LogP contribution in [0.2, 0.25) is 0 Å². The lowest BCUT2D eigenvalue weighted by atomic mass is 9.99. The van der Waals surface area contributed by atoms with Gasteiger partial charge in [-0.1, -0.05) is 0 Å².